The Morgan fingerprint density at radius 1 is 0.389 bits per heavy atom. The Morgan fingerprint density at radius 3 is 2.03 bits per heavy atom. The topological polar surface area (TPSA) is 9.34 Å². The van der Waals surface area contributed by atoms with Crippen molar-refractivity contribution in [1.82, 2.24) is 8.97 Å². The Kier molecular flexibility index (Phi) is 3.31. The molecule has 0 spiro atoms. The molecule has 0 amide bonds. The molecule has 0 saturated carbocycles. The number of nitrogens with zero attached hydrogens (tertiary/aromatic N) is 2. The van der Waals surface area contributed by atoms with Gasteiger partial charge in [0.05, 0.1) is 27.6 Å². The lowest BCUT2D eigenvalue weighted by Crippen LogP contribution is -1.93. The molecule has 0 aliphatic rings. The molecule has 0 saturated heterocycles. The van der Waals surface area contributed by atoms with E-state index in [4.69, 9.17) is 0 Å². The molecule has 0 fully saturated rings. The van der Waals surface area contributed by atoms with Gasteiger partial charge in [0.25, 0.3) is 0 Å². The van der Waals surface area contributed by atoms with Crippen molar-refractivity contribution in [3.05, 3.63) is 121 Å². The number of rotatable bonds is 1. The van der Waals surface area contributed by atoms with Gasteiger partial charge in [0.15, 0.2) is 0 Å². The van der Waals surface area contributed by atoms with Crippen molar-refractivity contribution in [2.75, 3.05) is 0 Å². The van der Waals surface area contributed by atoms with Crippen LogP contribution in [0.1, 0.15) is 0 Å². The van der Waals surface area contributed by atoms with Crippen LogP contribution in [0.2, 0.25) is 0 Å². The van der Waals surface area contributed by atoms with E-state index in [0.29, 0.717) is 0 Å². The Hall–Kier alpha value is -4.82. The Bertz CT molecular complexity index is 2300. The number of para-hydroxylation sites is 3. The van der Waals surface area contributed by atoms with Crippen LogP contribution >= 0.6 is 0 Å². The normalized spacial score (nSPS) is 12.4. The largest absolute Gasteiger partial charge is 0.309 e. The van der Waals surface area contributed by atoms with Gasteiger partial charge in [-0.3, -0.25) is 0 Å². The van der Waals surface area contributed by atoms with E-state index < -0.39 is 0 Å². The molecular weight excluding hydrogens is 436 g/mol. The van der Waals surface area contributed by atoms with E-state index in [1.165, 1.54) is 76.4 Å². The second-order valence-electron chi connectivity index (χ2n) is 9.79. The average Bonchev–Trinajstić information content (AvgIpc) is 3.57. The minimum Gasteiger partial charge on any atom is -0.309 e. The van der Waals surface area contributed by atoms with Crippen molar-refractivity contribution in [2.24, 2.45) is 0 Å². The van der Waals surface area contributed by atoms with Gasteiger partial charge >= 0.3 is 0 Å². The van der Waals surface area contributed by atoms with E-state index in [9.17, 15) is 0 Å². The van der Waals surface area contributed by atoms with Gasteiger partial charge in [-0.1, -0.05) is 84.9 Å². The summed E-state index contributed by atoms with van der Waals surface area (Å²) >= 11 is 0. The molecule has 0 unspecified atom stereocenters. The van der Waals surface area contributed by atoms with Crippen molar-refractivity contribution in [1.29, 1.82) is 0 Å². The van der Waals surface area contributed by atoms with Crippen LogP contribution < -0.4 is 0 Å². The lowest BCUT2D eigenvalue weighted by molar-refractivity contribution is 1.18. The minimum absolute atomic E-state index is 1.19. The van der Waals surface area contributed by atoms with Gasteiger partial charge in [0, 0.05) is 38.0 Å². The fraction of sp³-hybridized carbons (Fsp3) is 0. The standard InChI is InChI=1S/C34H20N2/c1-2-10-22(11-3-1)35-29-16-7-6-13-24(29)27-19-28-25-14-8-15-26-33-23-12-5-4-9-21(23)17-18-30(33)36(34(25)26)32(28)20-31(27)35/h1-20H. The van der Waals surface area contributed by atoms with Crippen LogP contribution in [0.25, 0.3) is 76.4 Å². The molecule has 0 N–H and O–H groups in total. The van der Waals surface area contributed by atoms with E-state index in [1.807, 2.05) is 0 Å². The second kappa shape index (κ2) is 6.44. The fourth-order valence-corrected chi connectivity index (χ4v) is 6.56. The van der Waals surface area contributed by atoms with E-state index in [-0.39, 0.29) is 0 Å². The molecule has 0 atom stereocenters. The summed E-state index contributed by atoms with van der Waals surface area (Å²) in [5.41, 5.74) is 7.53. The molecule has 166 valence electrons. The number of aromatic nitrogens is 2. The maximum Gasteiger partial charge on any atom is 0.0620 e. The highest BCUT2D eigenvalue weighted by molar-refractivity contribution is 6.30. The molecule has 36 heavy (non-hydrogen) atoms. The third kappa shape index (κ3) is 2.14. The summed E-state index contributed by atoms with van der Waals surface area (Å²) in [5.74, 6) is 0. The molecule has 3 heterocycles. The molecule has 2 nitrogen and oxygen atoms in total. The van der Waals surface area contributed by atoms with Gasteiger partial charge < -0.3 is 8.97 Å². The molecule has 0 aliphatic heterocycles. The maximum absolute atomic E-state index is 2.49. The van der Waals surface area contributed by atoms with Crippen LogP contribution in [0.15, 0.2) is 121 Å². The zero-order chi connectivity index (χ0) is 23.4. The van der Waals surface area contributed by atoms with E-state index in [1.54, 1.807) is 0 Å². The first-order valence-electron chi connectivity index (χ1n) is 12.5. The molecule has 0 radical (unpaired) electrons. The Labute approximate surface area is 206 Å². The van der Waals surface area contributed by atoms with Crippen molar-refractivity contribution >= 4 is 70.7 Å². The highest BCUT2D eigenvalue weighted by atomic mass is 15.0. The lowest BCUT2D eigenvalue weighted by Gasteiger charge is -2.08. The zero-order valence-corrected chi connectivity index (χ0v) is 19.4. The molecule has 3 aromatic heterocycles. The van der Waals surface area contributed by atoms with E-state index in [2.05, 4.69) is 130 Å². The first kappa shape index (κ1) is 18.5. The minimum atomic E-state index is 1.19. The monoisotopic (exact) mass is 456 g/mol. The summed E-state index contributed by atoms with van der Waals surface area (Å²) < 4.78 is 4.90. The van der Waals surface area contributed by atoms with Crippen molar-refractivity contribution in [3.63, 3.8) is 0 Å². The van der Waals surface area contributed by atoms with E-state index in [0.717, 1.165) is 0 Å². The summed E-state index contributed by atoms with van der Waals surface area (Å²) in [6.07, 6.45) is 0. The maximum atomic E-state index is 2.49. The number of hydrogen-bond donors (Lipinski definition) is 0. The summed E-state index contributed by atoms with van der Waals surface area (Å²) in [7, 11) is 0. The highest BCUT2D eigenvalue weighted by Crippen LogP contribution is 2.44. The van der Waals surface area contributed by atoms with Crippen LogP contribution in [0.3, 0.4) is 0 Å². The summed E-state index contributed by atoms with van der Waals surface area (Å²) in [5, 5.41) is 10.5. The summed E-state index contributed by atoms with van der Waals surface area (Å²) in [6, 6.07) is 44.4. The molecule has 2 heteroatoms. The van der Waals surface area contributed by atoms with Crippen LogP contribution in [0, 0.1) is 0 Å². The molecule has 9 aromatic rings. The predicted octanol–water partition coefficient (Wildman–Crippen LogP) is 9.09. The number of benzene rings is 6. The SMILES string of the molecule is c1ccc(-n2c3ccccc3c3cc4c5cccc6c7c8ccccc8ccc7n(c4cc32)c56)cc1. The Balaban J connectivity index is 1.55. The summed E-state index contributed by atoms with van der Waals surface area (Å²) in [6.45, 7) is 0. The molecule has 0 bridgehead atoms. The van der Waals surface area contributed by atoms with Gasteiger partial charge in [-0.05, 0) is 47.2 Å². The van der Waals surface area contributed by atoms with Crippen LogP contribution in [0.5, 0.6) is 0 Å². The smallest absolute Gasteiger partial charge is 0.0620 e. The van der Waals surface area contributed by atoms with Gasteiger partial charge in [-0.15, -0.1) is 0 Å². The quantitative estimate of drug-likeness (QED) is 0.233. The van der Waals surface area contributed by atoms with Crippen molar-refractivity contribution in [3.8, 4) is 5.69 Å². The Morgan fingerprint density at radius 2 is 1.11 bits per heavy atom. The first-order chi connectivity index (χ1) is 17.9. The molecular formula is C34H20N2. The number of fused-ring (bicyclic) bond motifs is 11. The van der Waals surface area contributed by atoms with Crippen LogP contribution in [0.4, 0.5) is 0 Å². The number of hydrogen-bond acceptors (Lipinski definition) is 0. The third-order valence-corrected chi connectivity index (χ3v) is 8.01. The van der Waals surface area contributed by atoms with Crippen LogP contribution in [-0.4, -0.2) is 8.97 Å². The van der Waals surface area contributed by atoms with Gasteiger partial charge in [0.2, 0.25) is 0 Å². The van der Waals surface area contributed by atoms with Crippen LogP contribution in [-0.2, 0) is 0 Å². The average molecular weight is 457 g/mol. The fourth-order valence-electron chi connectivity index (χ4n) is 6.56. The predicted molar refractivity (Wildman–Crippen MR) is 153 cm³/mol. The first-order valence-corrected chi connectivity index (χ1v) is 12.5. The zero-order valence-electron chi connectivity index (χ0n) is 19.4. The van der Waals surface area contributed by atoms with Crippen molar-refractivity contribution in [2.45, 2.75) is 0 Å². The highest BCUT2D eigenvalue weighted by Gasteiger charge is 2.21. The summed E-state index contributed by atoms with van der Waals surface area (Å²) in [4.78, 5) is 0. The molecule has 9 rings (SSSR count). The molecule has 0 aliphatic carbocycles. The van der Waals surface area contributed by atoms with Gasteiger partial charge in [0.1, 0.15) is 0 Å². The lowest BCUT2D eigenvalue weighted by atomic mass is 10.0. The second-order valence-corrected chi connectivity index (χ2v) is 9.79. The van der Waals surface area contributed by atoms with Gasteiger partial charge in [-0.2, -0.15) is 0 Å². The molecule has 6 aromatic carbocycles. The van der Waals surface area contributed by atoms with E-state index >= 15 is 0 Å². The van der Waals surface area contributed by atoms with Crippen molar-refractivity contribution < 1.29 is 0 Å². The van der Waals surface area contributed by atoms with Gasteiger partial charge in [-0.25, -0.2) is 0 Å². The third-order valence-electron chi connectivity index (χ3n) is 8.01.